The Morgan fingerprint density at radius 2 is 1.38 bits per heavy atom. The van der Waals surface area contributed by atoms with Crippen LogP contribution in [0.5, 0.6) is 0 Å². The highest BCUT2D eigenvalue weighted by Crippen LogP contribution is 2.55. The Morgan fingerprint density at radius 3 is 2.08 bits per heavy atom. The van der Waals surface area contributed by atoms with Gasteiger partial charge in [-0.25, -0.2) is 4.79 Å². The number of hydrogen-bond acceptors (Lipinski definition) is 4. The molecule has 6 heteroatoms. The van der Waals surface area contributed by atoms with Gasteiger partial charge in [0.1, 0.15) is 6.04 Å². The number of ether oxygens (including phenoxy) is 1. The van der Waals surface area contributed by atoms with Gasteiger partial charge in [0.2, 0.25) is 5.60 Å². The third kappa shape index (κ3) is 3.69. The molecule has 0 aromatic heterocycles. The van der Waals surface area contributed by atoms with E-state index in [0.29, 0.717) is 23.4 Å². The number of para-hydroxylation sites is 1. The molecule has 1 N–H and O–H groups in total. The van der Waals surface area contributed by atoms with Crippen molar-refractivity contribution in [2.45, 2.75) is 24.1 Å². The van der Waals surface area contributed by atoms with Crippen LogP contribution in [0.25, 0.3) is 0 Å². The molecular formula is C31H24N2O4. The highest BCUT2D eigenvalue weighted by molar-refractivity contribution is 6.11. The molecule has 4 aromatic carbocycles. The largest absolute Gasteiger partial charge is 0.442 e. The molecule has 2 amide bonds. The van der Waals surface area contributed by atoms with Crippen LogP contribution in [0.4, 0.5) is 5.69 Å². The van der Waals surface area contributed by atoms with Crippen molar-refractivity contribution in [1.29, 1.82) is 0 Å². The Hall–Kier alpha value is -4.71. The molecule has 3 atom stereocenters. The number of nitrogens with one attached hydrogen (secondary N) is 1. The van der Waals surface area contributed by atoms with Crippen LogP contribution in [-0.2, 0) is 26.5 Å². The SMILES string of the molecule is O=C(NC1C(=O)OC2(C(=O)N(Cc3ccccc3)c3ccccc32)C1c1ccccc1)c1ccccc1. The van der Waals surface area contributed by atoms with Gasteiger partial charge in [0.15, 0.2) is 0 Å². The topological polar surface area (TPSA) is 75.7 Å². The third-order valence-corrected chi connectivity index (χ3v) is 7.11. The van der Waals surface area contributed by atoms with Crippen LogP contribution in [0.1, 0.15) is 33.0 Å². The first-order valence-corrected chi connectivity index (χ1v) is 12.2. The van der Waals surface area contributed by atoms with Crippen molar-refractivity contribution < 1.29 is 19.1 Å². The summed E-state index contributed by atoms with van der Waals surface area (Å²) in [6.45, 7) is 0.332. The number of esters is 1. The van der Waals surface area contributed by atoms with Crippen molar-refractivity contribution in [3.05, 3.63) is 138 Å². The standard InChI is InChI=1S/C31H24N2O4/c34-28(23-16-8-3-9-17-23)32-27-26(22-14-6-2-7-15-22)31(37-29(27)35)24-18-10-11-19-25(24)33(30(31)36)20-21-12-4-1-5-13-21/h1-19,26-27H,20H2,(H,32,34). The lowest BCUT2D eigenvalue weighted by molar-refractivity contribution is -0.158. The van der Waals surface area contributed by atoms with Crippen LogP contribution in [-0.4, -0.2) is 23.8 Å². The second kappa shape index (κ2) is 9.06. The van der Waals surface area contributed by atoms with E-state index in [2.05, 4.69) is 5.32 Å². The van der Waals surface area contributed by atoms with Crippen LogP contribution < -0.4 is 10.2 Å². The van der Waals surface area contributed by atoms with Gasteiger partial charge in [-0.2, -0.15) is 0 Å². The maximum Gasteiger partial charge on any atom is 0.330 e. The number of carbonyl (C=O) groups is 3. The summed E-state index contributed by atoms with van der Waals surface area (Å²) in [5, 5.41) is 2.88. The van der Waals surface area contributed by atoms with Gasteiger partial charge >= 0.3 is 5.97 Å². The zero-order valence-corrected chi connectivity index (χ0v) is 19.9. The van der Waals surface area contributed by atoms with Gasteiger partial charge in [-0.05, 0) is 29.3 Å². The van der Waals surface area contributed by atoms with Crippen molar-refractivity contribution in [3.63, 3.8) is 0 Å². The lowest BCUT2D eigenvalue weighted by atomic mass is 9.76. The van der Waals surface area contributed by atoms with Gasteiger partial charge in [-0.15, -0.1) is 0 Å². The van der Waals surface area contributed by atoms with Gasteiger partial charge in [0.05, 0.1) is 18.2 Å². The Bertz CT molecular complexity index is 1470. The van der Waals surface area contributed by atoms with Gasteiger partial charge in [0, 0.05) is 11.1 Å². The van der Waals surface area contributed by atoms with Crippen LogP contribution in [0, 0.1) is 0 Å². The molecule has 6 nitrogen and oxygen atoms in total. The number of hydrogen-bond donors (Lipinski definition) is 1. The van der Waals surface area contributed by atoms with Crippen molar-refractivity contribution in [1.82, 2.24) is 5.32 Å². The highest BCUT2D eigenvalue weighted by Gasteiger charge is 2.67. The molecule has 2 aliphatic heterocycles. The lowest BCUT2D eigenvalue weighted by Gasteiger charge is -2.30. The van der Waals surface area contributed by atoms with Gasteiger partial charge in [-0.3, -0.25) is 9.59 Å². The molecule has 0 saturated carbocycles. The number of rotatable bonds is 5. The molecule has 1 saturated heterocycles. The van der Waals surface area contributed by atoms with E-state index < -0.39 is 29.4 Å². The molecule has 0 bridgehead atoms. The Balaban J connectivity index is 1.47. The van der Waals surface area contributed by atoms with Crippen LogP contribution in [0.15, 0.2) is 115 Å². The monoisotopic (exact) mass is 488 g/mol. The first-order valence-electron chi connectivity index (χ1n) is 12.2. The zero-order chi connectivity index (χ0) is 25.4. The molecule has 0 aliphatic carbocycles. The Labute approximate surface area is 214 Å². The fraction of sp³-hybridized carbons (Fsp3) is 0.129. The van der Waals surface area contributed by atoms with E-state index in [1.807, 2.05) is 91.0 Å². The van der Waals surface area contributed by atoms with Gasteiger partial charge in [0.25, 0.3) is 11.8 Å². The number of benzene rings is 4. The first-order chi connectivity index (χ1) is 18.1. The normalized spacial score (nSPS) is 22.1. The maximum absolute atomic E-state index is 14.4. The minimum absolute atomic E-state index is 0.323. The summed E-state index contributed by atoms with van der Waals surface area (Å²) >= 11 is 0. The lowest BCUT2D eigenvalue weighted by Crippen LogP contribution is -2.47. The number of fused-ring (bicyclic) bond motifs is 2. The van der Waals surface area contributed by atoms with E-state index in [1.54, 1.807) is 29.2 Å². The molecule has 0 radical (unpaired) electrons. The molecule has 37 heavy (non-hydrogen) atoms. The molecule has 2 heterocycles. The molecule has 1 spiro atoms. The first kappa shape index (κ1) is 22.7. The summed E-state index contributed by atoms with van der Waals surface area (Å²) in [5.74, 6) is -2.12. The van der Waals surface area contributed by atoms with Gasteiger partial charge in [-0.1, -0.05) is 97.1 Å². The number of nitrogens with zero attached hydrogens (tertiary/aromatic N) is 1. The summed E-state index contributed by atoms with van der Waals surface area (Å²) in [6.07, 6.45) is 0. The molecular weight excluding hydrogens is 464 g/mol. The fourth-order valence-corrected chi connectivity index (χ4v) is 5.47. The summed E-state index contributed by atoms with van der Waals surface area (Å²) in [7, 11) is 0. The minimum Gasteiger partial charge on any atom is -0.442 e. The predicted octanol–water partition coefficient (Wildman–Crippen LogP) is 4.57. The molecule has 182 valence electrons. The average Bonchev–Trinajstić information content (AvgIpc) is 3.36. The van der Waals surface area contributed by atoms with E-state index in [4.69, 9.17) is 4.74 Å². The maximum atomic E-state index is 14.4. The minimum atomic E-state index is -1.60. The molecule has 1 fully saturated rings. The number of amides is 2. The van der Waals surface area contributed by atoms with Crippen LogP contribution >= 0.6 is 0 Å². The Morgan fingerprint density at radius 1 is 0.784 bits per heavy atom. The van der Waals surface area contributed by atoms with E-state index in [1.165, 1.54) is 0 Å². The molecule has 2 aliphatic rings. The number of anilines is 1. The Kier molecular flexibility index (Phi) is 5.57. The summed E-state index contributed by atoms with van der Waals surface area (Å²) in [5.41, 5.74) is 1.83. The van der Waals surface area contributed by atoms with E-state index in [0.717, 1.165) is 11.1 Å². The average molecular weight is 489 g/mol. The van der Waals surface area contributed by atoms with Crippen molar-refractivity contribution >= 4 is 23.5 Å². The van der Waals surface area contributed by atoms with Gasteiger partial charge < -0.3 is 15.0 Å². The summed E-state index contributed by atoms with van der Waals surface area (Å²) in [6, 6.07) is 34.1. The van der Waals surface area contributed by atoms with Crippen molar-refractivity contribution in [3.8, 4) is 0 Å². The smallest absolute Gasteiger partial charge is 0.330 e. The van der Waals surface area contributed by atoms with E-state index in [-0.39, 0.29) is 5.91 Å². The van der Waals surface area contributed by atoms with E-state index >= 15 is 0 Å². The fourth-order valence-electron chi connectivity index (χ4n) is 5.47. The molecule has 4 aromatic rings. The molecule has 3 unspecified atom stereocenters. The zero-order valence-electron chi connectivity index (χ0n) is 19.9. The molecule has 6 rings (SSSR count). The van der Waals surface area contributed by atoms with Crippen LogP contribution in [0.2, 0.25) is 0 Å². The second-order valence-corrected chi connectivity index (χ2v) is 9.26. The predicted molar refractivity (Wildman–Crippen MR) is 139 cm³/mol. The van der Waals surface area contributed by atoms with E-state index in [9.17, 15) is 14.4 Å². The quantitative estimate of drug-likeness (QED) is 0.418. The second-order valence-electron chi connectivity index (χ2n) is 9.26. The summed E-state index contributed by atoms with van der Waals surface area (Å²) < 4.78 is 6.09. The van der Waals surface area contributed by atoms with Crippen molar-refractivity contribution in [2.24, 2.45) is 0 Å². The number of carbonyl (C=O) groups excluding carboxylic acids is 3. The van der Waals surface area contributed by atoms with Crippen LogP contribution in [0.3, 0.4) is 0 Å². The highest BCUT2D eigenvalue weighted by atomic mass is 16.6. The third-order valence-electron chi connectivity index (χ3n) is 7.11. The van der Waals surface area contributed by atoms with Crippen molar-refractivity contribution in [2.75, 3.05) is 4.90 Å². The summed E-state index contributed by atoms with van der Waals surface area (Å²) in [4.78, 5) is 42.7.